The molecule has 1 saturated carbocycles. The van der Waals surface area contributed by atoms with Gasteiger partial charge in [-0.2, -0.15) is 0 Å². The lowest BCUT2D eigenvalue weighted by molar-refractivity contribution is -0.0468. The van der Waals surface area contributed by atoms with Crippen molar-refractivity contribution in [3.05, 3.63) is 48.7 Å². The van der Waals surface area contributed by atoms with Crippen LogP contribution in [0.4, 0.5) is 14.5 Å². The first-order chi connectivity index (χ1) is 13.0. The number of carbonyl (C=O) groups is 1. The molecule has 1 aliphatic rings. The fraction of sp³-hybridized carbons (Fsp3) is 0.400. The summed E-state index contributed by atoms with van der Waals surface area (Å²) in [6, 6.07) is 7.73. The summed E-state index contributed by atoms with van der Waals surface area (Å²) in [5, 5.41) is 3.82. The van der Waals surface area contributed by atoms with Gasteiger partial charge in [0.05, 0.1) is 12.0 Å². The number of benzene rings is 1. The van der Waals surface area contributed by atoms with Gasteiger partial charge in [0.15, 0.2) is 0 Å². The second kappa shape index (κ2) is 7.13. The zero-order chi connectivity index (χ0) is 18.9. The molecule has 142 valence electrons. The van der Waals surface area contributed by atoms with Crippen molar-refractivity contribution in [2.45, 2.75) is 44.6 Å². The van der Waals surface area contributed by atoms with E-state index >= 15 is 0 Å². The van der Waals surface area contributed by atoms with E-state index in [4.69, 9.17) is 0 Å². The summed E-state index contributed by atoms with van der Waals surface area (Å²) in [7, 11) is 0. The van der Waals surface area contributed by atoms with E-state index in [2.05, 4.69) is 15.3 Å². The lowest BCUT2D eigenvalue weighted by atomic mass is 9.85. The normalized spacial score (nSPS) is 17.3. The third kappa shape index (κ3) is 4.02. The number of alkyl halides is 2. The molecule has 1 aliphatic carbocycles. The number of hydrogen-bond donors (Lipinski definition) is 2. The topological polar surface area (TPSA) is 62.7 Å². The first kappa shape index (κ1) is 17.7. The Morgan fingerprint density at radius 3 is 2.89 bits per heavy atom. The van der Waals surface area contributed by atoms with Gasteiger partial charge in [-0.1, -0.05) is 18.2 Å². The molecular formula is C20H22F2N4O. The van der Waals surface area contributed by atoms with Gasteiger partial charge in [0.2, 0.25) is 5.92 Å². The monoisotopic (exact) mass is 372 g/mol. The third-order valence-corrected chi connectivity index (χ3v) is 5.34. The van der Waals surface area contributed by atoms with Crippen LogP contribution in [-0.4, -0.2) is 26.4 Å². The number of anilines is 1. The first-order valence-corrected chi connectivity index (χ1v) is 9.27. The SMILES string of the molecule is O=C(Nc1c[nH]c2ccccc12)c1cn(CCC2CCC(F)(F)CC2)cn1. The minimum Gasteiger partial charge on any atom is -0.359 e. The molecule has 3 aromatic rings. The van der Waals surface area contributed by atoms with Crippen LogP contribution in [0.25, 0.3) is 10.9 Å². The number of nitrogens with zero attached hydrogens (tertiary/aromatic N) is 2. The standard InChI is InChI=1S/C20H22F2N4O/c21-20(22)8-5-14(6-9-20)7-10-26-12-18(24-13-26)19(27)25-17-11-23-16-4-2-1-3-15(16)17/h1-4,11-14,23H,5-10H2,(H,25,27). The maximum absolute atomic E-state index is 13.2. The van der Waals surface area contributed by atoms with E-state index in [0.29, 0.717) is 36.7 Å². The summed E-state index contributed by atoms with van der Waals surface area (Å²) < 4.78 is 28.3. The van der Waals surface area contributed by atoms with Crippen LogP contribution < -0.4 is 5.32 Å². The maximum atomic E-state index is 13.2. The number of aromatic amines is 1. The molecule has 2 aromatic heterocycles. The van der Waals surface area contributed by atoms with Crippen molar-refractivity contribution in [2.24, 2.45) is 5.92 Å². The van der Waals surface area contributed by atoms with Crippen molar-refractivity contribution in [3.63, 3.8) is 0 Å². The highest BCUT2D eigenvalue weighted by molar-refractivity contribution is 6.07. The molecule has 2 heterocycles. The Labute approximate surface area is 155 Å². The maximum Gasteiger partial charge on any atom is 0.275 e. The molecule has 2 N–H and O–H groups in total. The van der Waals surface area contributed by atoms with Gasteiger partial charge in [-0.25, -0.2) is 13.8 Å². The van der Waals surface area contributed by atoms with Crippen molar-refractivity contribution in [2.75, 3.05) is 5.32 Å². The van der Waals surface area contributed by atoms with E-state index in [1.54, 1.807) is 18.7 Å². The van der Waals surface area contributed by atoms with Crippen molar-refractivity contribution in [1.29, 1.82) is 0 Å². The quantitative estimate of drug-likeness (QED) is 0.674. The van der Waals surface area contributed by atoms with Crippen LogP contribution in [0.2, 0.25) is 0 Å². The second-order valence-electron chi connectivity index (χ2n) is 7.29. The minimum absolute atomic E-state index is 0.0140. The Hall–Kier alpha value is -2.70. The minimum atomic E-state index is -2.49. The van der Waals surface area contributed by atoms with Crippen LogP contribution in [0.15, 0.2) is 43.0 Å². The molecule has 7 heteroatoms. The third-order valence-electron chi connectivity index (χ3n) is 5.34. The number of carbonyl (C=O) groups excluding carboxylic acids is 1. The number of aryl methyl sites for hydroxylation is 1. The molecule has 0 radical (unpaired) electrons. The van der Waals surface area contributed by atoms with Crippen LogP contribution in [-0.2, 0) is 6.54 Å². The first-order valence-electron chi connectivity index (χ1n) is 9.27. The van der Waals surface area contributed by atoms with Crippen LogP contribution in [0.5, 0.6) is 0 Å². The molecule has 1 fully saturated rings. The van der Waals surface area contributed by atoms with Gasteiger partial charge < -0.3 is 14.9 Å². The van der Waals surface area contributed by atoms with Crippen LogP contribution in [0.1, 0.15) is 42.6 Å². The molecule has 0 atom stereocenters. The Balaban J connectivity index is 1.34. The largest absolute Gasteiger partial charge is 0.359 e. The summed E-state index contributed by atoms with van der Waals surface area (Å²) >= 11 is 0. The number of halogens is 2. The number of nitrogens with one attached hydrogen (secondary N) is 2. The van der Waals surface area contributed by atoms with E-state index in [1.807, 2.05) is 28.8 Å². The Morgan fingerprint density at radius 1 is 1.30 bits per heavy atom. The molecule has 27 heavy (non-hydrogen) atoms. The molecule has 1 aromatic carbocycles. The molecule has 1 amide bonds. The fourth-order valence-electron chi connectivity index (χ4n) is 3.68. The second-order valence-corrected chi connectivity index (χ2v) is 7.29. The number of H-pyrrole nitrogens is 1. The van der Waals surface area contributed by atoms with Crippen LogP contribution in [0, 0.1) is 5.92 Å². The Bertz CT molecular complexity index is 936. The predicted octanol–water partition coefficient (Wildman–Crippen LogP) is 4.83. The Kier molecular flexibility index (Phi) is 4.68. The number of imidazole rings is 1. The Morgan fingerprint density at radius 2 is 2.07 bits per heavy atom. The molecule has 5 nitrogen and oxygen atoms in total. The molecular weight excluding hydrogens is 350 g/mol. The van der Waals surface area contributed by atoms with Gasteiger partial charge in [0, 0.05) is 42.7 Å². The zero-order valence-electron chi connectivity index (χ0n) is 14.9. The van der Waals surface area contributed by atoms with Crippen molar-refractivity contribution in [3.8, 4) is 0 Å². The van der Waals surface area contributed by atoms with Gasteiger partial charge in [0.1, 0.15) is 5.69 Å². The van der Waals surface area contributed by atoms with Gasteiger partial charge in [0.25, 0.3) is 5.91 Å². The number of fused-ring (bicyclic) bond motifs is 1. The smallest absolute Gasteiger partial charge is 0.275 e. The molecule has 0 saturated heterocycles. The summed E-state index contributed by atoms with van der Waals surface area (Å²) in [6.07, 6.45) is 7.03. The summed E-state index contributed by atoms with van der Waals surface area (Å²) in [5.41, 5.74) is 2.01. The summed E-state index contributed by atoms with van der Waals surface area (Å²) in [5.74, 6) is -2.44. The molecule has 0 bridgehead atoms. The fourth-order valence-corrected chi connectivity index (χ4v) is 3.68. The van der Waals surface area contributed by atoms with E-state index in [0.717, 1.165) is 17.3 Å². The van der Waals surface area contributed by atoms with E-state index < -0.39 is 5.92 Å². The van der Waals surface area contributed by atoms with Crippen LogP contribution >= 0.6 is 0 Å². The van der Waals surface area contributed by atoms with Crippen molar-refractivity contribution in [1.82, 2.24) is 14.5 Å². The van der Waals surface area contributed by atoms with E-state index in [1.165, 1.54) is 0 Å². The number of para-hydroxylation sites is 1. The van der Waals surface area contributed by atoms with Gasteiger partial charge >= 0.3 is 0 Å². The van der Waals surface area contributed by atoms with E-state index in [9.17, 15) is 13.6 Å². The van der Waals surface area contributed by atoms with Crippen molar-refractivity contribution >= 4 is 22.5 Å². The highest BCUT2D eigenvalue weighted by atomic mass is 19.3. The highest BCUT2D eigenvalue weighted by Crippen LogP contribution is 2.37. The van der Waals surface area contributed by atoms with E-state index in [-0.39, 0.29) is 18.7 Å². The van der Waals surface area contributed by atoms with Gasteiger partial charge in [-0.05, 0) is 31.2 Å². The van der Waals surface area contributed by atoms with Crippen LogP contribution in [0.3, 0.4) is 0 Å². The average Bonchev–Trinajstić information content (AvgIpc) is 3.28. The average molecular weight is 372 g/mol. The highest BCUT2D eigenvalue weighted by Gasteiger charge is 2.34. The lowest BCUT2D eigenvalue weighted by Crippen LogP contribution is -2.25. The molecule has 0 unspecified atom stereocenters. The number of amides is 1. The van der Waals surface area contributed by atoms with Gasteiger partial charge in [-0.3, -0.25) is 4.79 Å². The summed E-state index contributed by atoms with van der Waals surface area (Å²) in [4.78, 5) is 19.8. The number of aromatic nitrogens is 3. The molecule has 0 aliphatic heterocycles. The zero-order valence-corrected chi connectivity index (χ0v) is 14.9. The lowest BCUT2D eigenvalue weighted by Gasteiger charge is -2.28. The summed E-state index contributed by atoms with van der Waals surface area (Å²) in [6.45, 7) is 0.684. The molecule has 4 rings (SSSR count). The van der Waals surface area contributed by atoms with Crippen molar-refractivity contribution < 1.29 is 13.6 Å². The number of rotatable bonds is 5. The predicted molar refractivity (Wildman–Crippen MR) is 100 cm³/mol. The number of hydrogen-bond acceptors (Lipinski definition) is 2. The van der Waals surface area contributed by atoms with Gasteiger partial charge in [-0.15, -0.1) is 0 Å². The molecule has 0 spiro atoms.